The van der Waals surface area contributed by atoms with E-state index in [0.717, 1.165) is 0 Å². The predicted octanol–water partition coefficient (Wildman–Crippen LogP) is -2.30. The first-order valence-corrected chi connectivity index (χ1v) is 4.76. The van der Waals surface area contributed by atoms with Crippen LogP contribution < -0.4 is 0 Å². The van der Waals surface area contributed by atoms with Crippen LogP contribution in [0.1, 0.15) is 12.8 Å². The van der Waals surface area contributed by atoms with Gasteiger partial charge in [0.05, 0.1) is 12.8 Å². The third-order valence-corrected chi connectivity index (χ3v) is 1.76. The number of nitrogens with zero attached hydrogens (tertiary/aromatic N) is 3. The van der Waals surface area contributed by atoms with E-state index in [4.69, 9.17) is 0 Å². The maximum absolute atomic E-state index is 11.2. The van der Waals surface area contributed by atoms with E-state index in [1.165, 1.54) is 0 Å². The summed E-state index contributed by atoms with van der Waals surface area (Å²) in [6.45, 7) is 0. The molecule has 0 rings (SSSR count). The van der Waals surface area contributed by atoms with Crippen molar-refractivity contribution in [1.29, 1.82) is 0 Å². The summed E-state index contributed by atoms with van der Waals surface area (Å²) in [5, 5.41) is 34.5. The lowest BCUT2D eigenvalue weighted by Crippen LogP contribution is -2.45. The summed E-state index contributed by atoms with van der Waals surface area (Å²) in [6, 6.07) is 0. The Labute approximate surface area is 117 Å². The largest absolute Gasteiger partial charge is 0.379 e. The lowest BCUT2D eigenvalue weighted by molar-refractivity contribution is -0.733. The van der Waals surface area contributed by atoms with Gasteiger partial charge in [0.25, 0.3) is 0 Å². The van der Waals surface area contributed by atoms with E-state index in [1.807, 2.05) is 0 Å². The van der Waals surface area contributed by atoms with Gasteiger partial charge in [-0.1, -0.05) is 0 Å². The van der Waals surface area contributed by atoms with Crippen LogP contribution in [0.2, 0.25) is 0 Å². The Balaban J connectivity index is 5.19. The summed E-state index contributed by atoms with van der Waals surface area (Å²) < 4.78 is 0. The van der Waals surface area contributed by atoms with Crippen molar-refractivity contribution in [3.63, 3.8) is 0 Å². The maximum atomic E-state index is 11.2. The molecule has 0 spiro atoms. The second-order valence-electron chi connectivity index (χ2n) is 3.36. The molecule has 16 heteroatoms. The summed E-state index contributed by atoms with van der Waals surface area (Å²) >= 11 is 0. The van der Waals surface area contributed by atoms with Crippen molar-refractivity contribution in [3.8, 4) is 0 Å². The van der Waals surface area contributed by atoms with Crippen LogP contribution in [0.15, 0.2) is 0 Å². The fourth-order valence-electron chi connectivity index (χ4n) is 1.07. The zero-order valence-corrected chi connectivity index (χ0v) is 10.1. The topological polar surface area (TPSA) is 229 Å². The minimum absolute atomic E-state index is 1.63. The van der Waals surface area contributed by atoms with E-state index >= 15 is 0 Å². The fourth-order valence-corrected chi connectivity index (χ4v) is 1.07. The molecule has 0 amide bonds. The van der Waals surface area contributed by atoms with Crippen LogP contribution in [0.3, 0.4) is 0 Å². The molecule has 0 heterocycles. The SMILES string of the molecule is O=C(CC(O)(CC(=O)O[N+](=O)[O-])C(=O)O[N+](=O)[O-])O[N+](=O)[O-]. The zero-order chi connectivity index (χ0) is 17.5. The molecule has 0 aliphatic rings. The molecule has 0 saturated carbocycles. The predicted molar refractivity (Wildman–Crippen MR) is 53.4 cm³/mol. The van der Waals surface area contributed by atoms with Gasteiger partial charge in [-0.2, -0.15) is 0 Å². The monoisotopic (exact) mass is 327 g/mol. The molecule has 0 radical (unpaired) electrons. The van der Waals surface area contributed by atoms with Crippen molar-refractivity contribution in [2.45, 2.75) is 18.4 Å². The fraction of sp³-hybridized carbons (Fsp3) is 0.500. The summed E-state index contributed by atoms with van der Waals surface area (Å²) in [5.74, 6) is -5.97. The lowest BCUT2D eigenvalue weighted by atomic mass is 9.96. The quantitative estimate of drug-likeness (QED) is 0.365. The van der Waals surface area contributed by atoms with E-state index in [1.54, 1.807) is 0 Å². The normalized spacial score (nSPS) is 10.2. The molecule has 1 N–H and O–H groups in total. The number of carbonyl (C=O) groups excluding carboxylic acids is 3. The number of aliphatic hydroxyl groups is 1. The first kappa shape index (κ1) is 18.6. The van der Waals surface area contributed by atoms with Gasteiger partial charge in [-0.15, -0.1) is 30.3 Å². The minimum atomic E-state index is -3.35. The Morgan fingerprint density at radius 1 is 0.818 bits per heavy atom. The minimum Gasteiger partial charge on any atom is -0.379 e. The summed E-state index contributed by atoms with van der Waals surface area (Å²) in [5.41, 5.74) is -3.35. The number of rotatable bonds is 8. The first-order chi connectivity index (χ1) is 9.96. The van der Waals surface area contributed by atoms with Gasteiger partial charge in [0.1, 0.15) is 0 Å². The van der Waals surface area contributed by atoms with Crippen molar-refractivity contribution in [2.75, 3.05) is 0 Å². The smallest absolute Gasteiger partial charge is 0.336 e. The maximum Gasteiger partial charge on any atom is 0.336 e. The van der Waals surface area contributed by atoms with Gasteiger partial charge in [-0.05, 0) is 0 Å². The second kappa shape index (κ2) is 7.38. The molecule has 0 aliphatic carbocycles. The van der Waals surface area contributed by atoms with Gasteiger partial charge in [0, 0.05) is 0 Å². The molecule has 0 atom stereocenters. The van der Waals surface area contributed by atoms with Crippen LogP contribution in [-0.2, 0) is 28.9 Å². The highest BCUT2D eigenvalue weighted by Crippen LogP contribution is 2.20. The molecule has 22 heavy (non-hydrogen) atoms. The standard InChI is InChI=1S/C6H5N3O13/c10-3(20-7(14)15)1-6(13,5(12)22-9(18)19)2-4(11)21-8(16)17/h13H,1-2H2. The number of hydrogen-bond donors (Lipinski definition) is 1. The number of carbonyl (C=O) groups is 3. The molecular weight excluding hydrogens is 322 g/mol. The molecule has 16 nitrogen and oxygen atoms in total. The van der Waals surface area contributed by atoms with Gasteiger partial charge < -0.3 is 5.11 Å². The molecule has 0 aromatic heterocycles. The molecule has 0 fully saturated rings. The average molecular weight is 327 g/mol. The van der Waals surface area contributed by atoms with Gasteiger partial charge >= 0.3 is 33.2 Å². The van der Waals surface area contributed by atoms with E-state index in [-0.39, 0.29) is 0 Å². The Kier molecular flexibility index (Phi) is 6.23. The van der Waals surface area contributed by atoms with E-state index in [9.17, 15) is 49.8 Å². The van der Waals surface area contributed by atoms with E-state index in [2.05, 4.69) is 14.5 Å². The van der Waals surface area contributed by atoms with Gasteiger partial charge in [0.2, 0.25) is 0 Å². The molecule has 0 aromatic rings. The third kappa shape index (κ3) is 6.65. The van der Waals surface area contributed by atoms with Crippen LogP contribution in [0.25, 0.3) is 0 Å². The van der Waals surface area contributed by atoms with Crippen molar-refractivity contribution in [2.24, 2.45) is 0 Å². The van der Waals surface area contributed by atoms with Crippen LogP contribution in [0, 0.1) is 30.3 Å². The Morgan fingerprint density at radius 2 is 1.14 bits per heavy atom. The second-order valence-corrected chi connectivity index (χ2v) is 3.36. The van der Waals surface area contributed by atoms with Gasteiger partial charge in [-0.3, -0.25) is 14.4 Å². The molecular formula is C6H5N3O13. The number of hydrogen-bond acceptors (Lipinski definition) is 13. The molecule has 0 saturated heterocycles. The molecule has 0 bridgehead atoms. The van der Waals surface area contributed by atoms with Crippen LogP contribution >= 0.6 is 0 Å². The van der Waals surface area contributed by atoms with E-state index < -0.39 is 51.6 Å². The molecule has 0 aromatic carbocycles. The van der Waals surface area contributed by atoms with Crippen molar-refractivity contribution in [1.82, 2.24) is 0 Å². The van der Waals surface area contributed by atoms with Crippen LogP contribution in [0.5, 0.6) is 0 Å². The van der Waals surface area contributed by atoms with Gasteiger partial charge in [0.15, 0.2) is 5.60 Å². The average Bonchev–Trinajstić information content (AvgIpc) is 2.24. The molecule has 0 aliphatic heterocycles. The lowest BCUT2D eigenvalue weighted by Gasteiger charge is -2.21. The Bertz CT molecular complexity index is 496. The molecule has 0 unspecified atom stereocenters. The van der Waals surface area contributed by atoms with Crippen molar-refractivity contribution in [3.05, 3.63) is 30.3 Å². The third-order valence-electron chi connectivity index (χ3n) is 1.76. The Hall–Kier alpha value is -3.43. The highest BCUT2D eigenvalue weighted by molar-refractivity contribution is 5.89. The van der Waals surface area contributed by atoms with Crippen LogP contribution in [0.4, 0.5) is 0 Å². The highest BCUT2D eigenvalue weighted by atomic mass is 17.0. The van der Waals surface area contributed by atoms with Crippen molar-refractivity contribution < 1.29 is 49.3 Å². The Morgan fingerprint density at radius 3 is 1.41 bits per heavy atom. The summed E-state index contributed by atoms with van der Waals surface area (Å²) in [6.07, 6.45) is -3.29. The van der Waals surface area contributed by atoms with Gasteiger partial charge in [-0.25, -0.2) is 14.5 Å². The van der Waals surface area contributed by atoms with Crippen molar-refractivity contribution >= 4 is 17.9 Å². The highest BCUT2D eigenvalue weighted by Gasteiger charge is 2.44. The van der Waals surface area contributed by atoms with Crippen LogP contribution in [-0.4, -0.2) is 43.9 Å². The summed E-state index contributed by atoms with van der Waals surface area (Å²) in [4.78, 5) is 72.9. The summed E-state index contributed by atoms with van der Waals surface area (Å²) in [7, 11) is 0. The molecule has 122 valence electrons. The van der Waals surface area contributed by atoms with E-state index in [0.29, 0.717) is 0 Å². The first-order valence-electron chi connectivity index (χ1n) is 4.76. The zero-order valence-electron chi connectivity index (χ0n) is 10.1.